The number of rotatable bonds is 5. The van der Waals surface area contributed by atoms with Crippen molar-refractivity contribution in [3.8, 4) is 5.75 Å². The van der Waals surface area contributed by atoms with Crippen LogP contribution in [0.4, 0.5) is 4.79 Å². The van der Waals surface area contributed by atoms with Gasteiger partial charge in [-0.1, -0.05) is 30.3 Å². The number of carbonyl (C=O) groups excluding carboxylic acids is 3. The molecule has 26 heavy (non-hydrogen) atoms. The van der Waals surface area contributed by atoms with Crippen molar-refractivity contribution in [2.24, 2.45) is 0 Å². The Labute approximate surface area is 154 Å². The number of thioether (sulfide) groups is 1. The van der Waals surface area contributed by atoms with E-state index in [0.29, 0.717) is 16.2 Å². The van der Waals surface area contributed by atoms with Gasteiger partial charge in [-0.15, -0.1) is 0 Å². The number of ketones is 1. The molecule has 2 amide bonds. The molecule has 0 radical (unpaired) electrons. The largest absolute Gasteiger partial charge is 0.497 e. The van der Waals surface area contributed by atoms with E-state index >= 15 is 0 Å². The molecular weight excluding hydrogens is 350 g/mol. The molecular formula is C20H15NO4S. The first kappa shape index (κ1) is 17.7. The lowest BCUT2D eigenvalue weighted by atomic mass is 10.1. The summed E-state index contributed by atoms with van der Waals surface area (Å²) in [4.78, 5) is 35.2. The minimum absolute atomic E-state index is 0.101. The number of methoxy groups -OCH3 is 1. The maximum absolute atomic E-state index is 12.2. The zero-order valence-corrected chi connectivity index (χ0v) is 14.7. The minimum atomic E-state index is -0.380. The minimum Gasteiger partial charge on any atom is -0.497 e. The fourth-order valence-electron chi connectivity index (χ4n) is 2.30. The third-order valence-electron chi connectivity index (χ3n) is 3.68. The molecule has 0 aromatic heterocycles. The lowest BCUT2D eigenvalue weighted by Crippen LogP contribution is -2.17. The van der Waals surface area contributed by atoms with Gasteiger partial charge in [-0.25, -0.2) is 0 Å². The topological polar surface area (TPSA) is 72.5 Å². The Bertz CT molecular complexity index is 912. The molecule has 3 rings (SSSR count). The number of allylic oxidation sites excluding steroid dienone is 1. The number of carbonyl (C=O) groups is 3. The summed E-state index contributed by atoms with van der Waals surface area (Å²) in [7, 11) is 1.58. The first-order valence-electron chi connectivity index (χ1n) is 7.76. The first-order valence-corrected chi connectivity index (χ1v) is 8.58. The van der Waals surface area contributed by atoms with Crippen LogP contribution in [0.1, 0.15) is 21.5 Å². The van der Waals surface area contributed by atoms with Gasteiger partial charge in [0.1, 0.15) is 5.75 Å². The van der Waals surface area contributed by atoms with Crippen molar-refractivity contribution in [1.82, 2.24) is 5.32 Å². The zero-order valence-electron chi connectivity index (χ0n) is 13.9. The molecule has 0 spiro atoms. The monoisotopic (exact) mass is 365 g/mol. The van der Waals surface area contributed by atoms with Crippen LogP contribution < -0.4 is 10.1 Å². The summed E-state index contributed by atoms with van der Waals surface area (Å²) in [5.41, 5.74) is 2.24. The lowest BCUT2D eigenvalue weighted by Gasteiger charge is -2.00. The van der Waals surface area contributed by atoms with Crippen LogP contribution in [0.25, 0.3) is 12.2 Å². The van der Waals surface area contributed by atoms with Gasteiger partial charge in [-0.2, -0.15) is 0 Å². The standard InChI is InChI=1S/C20H15NO4S/c1-25-16-9-7-15(8-10-16)17(22)11-6-13-2-4-14(5-3-13)12-18-19(23)21-20(24)26-18/h2-12H,1H3,(H,21,23,24)/b11-6+,18-12-. The molecule has 0 bridgehead atoms. The van der Waals surface area contributed by atoms with E-state index in [9.17, 15) is 14.4 Å². The van der Waals surface area contributed by atoms with E-state index < -0.39 is 0 Å². The second-order valence-corrected chi connectivity index (χ2v) is 6.46. The Hall–Kier alpha value is -3.12. The van der Waals surface area contributed by atoms with Crippen LogP contribution in [0.2, 0.25) is 0 Å². The average Bonchev–Trinajstić information content (AvgIpc) is 2.98. The van der Waals surface area contributed by atoms with Crippen molar-refractivity contribution in [3.05, 3.63) is 76.2 Å². The van der Waals surface area contributed by atoms with Gasteiger partial charge in [0.05, 0.1) is 12.0 Å². The van der Waals surface area contributed by atoms with Gasteiger partial charge in [-0.3, -0.25) is 19.7 Å². The highest BCUT2D eigenvalue weighted by molar-refractivity contribution is 8.18. The molecule has 6 heteroatoms. The predicted molar refractivity (Wildman–Crippen MR) is 102 cm³/mol. The third-order valence-corrected chi connectivity index (χ3v) is 4.49. The summed E-state index contributed by atoms with van der Waals surface area (Å²) in [6.07, 6.45) is 4.89. The van der Waals surface area contributed by atoms with Gasteiger partial charge in [-0.05, 0) is 59.3 Å². The normalized spacial score (nSPS) is 15.5. The van der Waals surface area contributed by atoms with Crippen molar-refractivity contribution < 1.29 is 19.1 Å². The molecule has 0 aliphatic carbocycles. The van der Waals surface area contributed by atoms with E-state index in [1.165, 1.54) is 6.08 Å². The third kappa shape index (κ3) is 4.29. The van der Waals surface area contributed by atoms with Crippen LogP contribution in [-0.4, -0.2) is 24.0 Å². The Balaban J connectivity index is 1.67. The molecule has 1 saturated heterocycles. The highest BCUT2D eigenvalue weighted by Gasteiger charge is 2.24. The highest BCUT2D eigenvalue weighted by atomic mass is 32.2. The molecule has 2 aromatic carbocycles. The average molecular weight is 365 g/mol. The number of benzene rings is 2. The van der Waals surface area contributed by atoms with E-state index in [0.717, 1.165) is 22.9 Å². The van der Waals surface area contributed by atoms with Gasteiger partial charge in [0.25, 0.3) is 11.1 Å². The molecule has 0 saturated carbocycles. The molecule has 1 fully saturated rings. The molecule has 130 valence electrons. The van der Waals surface area contributed by atoms with Gasteiger partial charge in [0.2, 0.25) is 0 Å². The van der Waals surface area contributed by atoms with Crippen molar-refractivity contribution in [2.75, 3.05) is 7.11 Å². The van der Waals surface area contributed by atoms with Gasteiger partial charge >= 0.3 is 0 Å². The Morgan fingerprint density at radius 3 is 2.23 bits per heavy atom. The van der Waals surface area contributed by atoms with E-state index in [2.05, 4.69) is 5.32 Å². The number of nitrogens with one attached hydrogen (secondary N) is 1. The summed E-state index contributed by atoms with van der Waals surface area (Å²) >= 11 is 0.881. The van der Waals surface area contributed by atoms with E-state index in [4.69, 9.17) is 4.74 Å². The van der Waals surface area contributed by atoms with Crippen LogP contribution in [-0.2, 0) is 4.79 Å². The van der Waals surface area contributed by atoms with E-state index in [1.807, 2.05) is 24.3 Å². The smallest absolute Gasteiger partial charge is 0.290 e. The molecule has 1 aliphatic heterocycles. The zero-order chi connectivity index (χ0) is 18.5. The lowest BCUT2D eigenvalue weighted by molar-refractivity contribution is -0.115. The predicted octanol–water partition coefficient (Wildman–Crippen LogP) is 3.92. The molecule has 5 nitrogen and oxygen atoms in total. The maximum Gasteiger partial charge on any atom is 0.290 e. The second-order valence-electron chi connectivity index (χ2n) is 5.44. The maximum atomic E-state index is 12.2. The van der Waals surface area contributed by atoms with Crippen LogP contribution in [0.15, 0.2) is 59.5 Å². The van der Waals surface area contributed by atoms with Crippen LogP contribution in [0, 0.1) is 0 Å². The summed E-state index contributed by atoms with van der Waals surface area (Å²) in [6, 6.07) is 14.2. The Morgan fingerprint density at radius 1 is 1.00 bits per heavy atom. The van der Waals surface area contributed by atoms with Crippen molar-refractivity contribution in [3.63, 3.8) is 0 Å². The summed E-state index contributed by atoms with van der Waals surface area (Å²) in [5, 5.41) is 1.85. The van der Waals surface area contributed by atoms with Crippen LogP contribution >= 0.6 is 11.8 Å². The molecule has 1 heterocycles. The highest BCUT2D eigenvalue weighted by Crippen LogP contribution is 2.25. The molecule has 0 unspecified atom stereocenters. The summed E-state index contributed by atoms with van der Waals surface area (Å²) < 4.78 is 5.07. The fourth-order valence-corrected chi connectivity index (χ4v) is 2.98. The van der Waals surface area contributed by atoms with Crippen molar-refractivity contribution in [2.45, 2.75) is 0 Å². The van der Waals surface area contributed by atoms with E-state index in [1.54, 1.807) is 43.5 Å². The molecule has 1 aliphatic rings. The first-order chi connectivity index (χ1) is 12.5. The van der Waals surface area contributed by atoms with E-state index in [-0.39, 0.29) is 16.9 Å². The number of imide groups is 1. The van der Waals surface area contributed by atoms with Crippen molar-refractivity contribution >= 4 is 40.8 Å². The van der Waals surface area contributed by atoms with Crippen molar-refractivity contribution in [1.29, 1.82) is 0 Å². The van der Waals surface area contributed by atoms with Gasteiger partial charge in [0.15, 0.2) is 5.78 Å². The molecule has 0 atom stereocenters. The molecule has 1 N–H and O–H groups in total. The Kier molecular flexibility index (Phi) is 5.34. The number of hydrogen-bond donors (Lipinski definition) is 1. The quantitative estimate of drug-likeness (QED) is 0.642. The van der Waals surface area contributed by atoms with Gasteiger partial charge < -0.3 is 4.74 Å². The van der Waals surface area contributed by atoms with Crippen LogP contribution in [0.5, 0.6) is 5.75 Å². The number of ether oxygens (including phenoxy) is 1. The van der Waals surface area contributed by atoms with Gasteiger partial charge in [0, 0.05) is 5.56 Å². The summed E-state index contributed by atoms with van der Waals surface area (Å²) in [5.74, 6) is 0.219. The number of amides is 2. The van der Waals surface area contributed by atoms with Crippen LogP contribution in [0.3, 0.4) is 0 Å². The molecule has 2 aromatic rings. The summed E-state index contributed by atoms with van der Waals surface area (Å²) in [6.45, 7) is 0. The number of hydrogen-bond acceptors (Lipinski definition) is 5. The SMILES string of the molecule is COc1ccc(C(=O)/C=C/c2ccc(/C=C3\SC(=O)NC3=O)cc2)cc1. The Morgan fingerprint density at radius 2 is 1.65 bits per heavy atom. The fraction of sp³-hybridized carbons (Fsp3) is 0.0500. The second kappa shape index (κ2) is 7.84.